The molecule has 98 valence electrons. The van der Waals surface area contributed by atoms with E-state index in [-0.39, 0.29) is 17.9 Å². The van der Waals surface area contributed by atoms with E-state index in [9.17, 15) is 13.2 Å². The monoisotopic (exact) mass is 239 g/mol. The lowest BCUT2D eigenvalue weighted by Gasteiger charge is -2.30. The molecular formula is C12H24F3N. The summed E-state index contributed by atoms with van der Waals surface area (Å²) in [4.78, 5) is 0. The van der Waals surface area contributed by atoms with Gasteiger partial charge in [-0.3, -0.25) is 0 Å². The Morgan fingerprint density at radius 1 is 1.12 bits per heavy atom. The Morgan fingerprint density at radius 3 is 1.94 bits per heavy atom. The lowest BCUT2D eigenvalue weighted by molar-refractivity contribution is -0.136. The molecule has 0 saturated carbocycles. The second-order valence-corrected chi connectivity index (χ2v) is 5.64. The van der Waals surface area contributed by atoms with Crippen LogP contribution in [-0.4, -0.2) is 19.3 Å². The molecule has 0 saturated heterocycles. The quantitative estimate of drug-likeness (QED) is 0.765. The maximum atomic E-state index is 12.1. The highest BCUT2D eigenvalue weighted by Crippen LogP contribution is 2.31. The van der Waals surface area contributed by atoms with Crippen molar-refractivity contribution in [2.45, 2.75) is 59.2 Å². The van der Waals surface area contributed by atoms with Crippen LogP contribution in [0.4, 0.5) is 13.2 Å². The fraction of sp³-hybridized carbons (Fsp3) is 1.00. The van der Waals surface area contributed by atoms with E-state index in [4.69, 9.17) is 0 Å². The molecule has 1 N–H and O–H groups in total. The first-order valence-corrected chi connectivity index (χ1v) is 5.80. The summed E-state index contributed by atoms with van der Waals surface area (Å²) in [5.41, 5.74) is 0.146. The van der Waals surface area contributed by atoms with Crippen molar-refractivity contribution in [3.63, 3.8) is 0 Å². The fourth-order valence-corrected chi connectivity index (χ4v) is 1.50. The Morgan fingerprint density at radius 2 is 1.62 bits per heavy atom. The van der Waals surface area contributed by atoms with Gasteiger partial charge in [-0.2, -0.15) is 13.2 Å². The van der Waals surface area contributed by atoms with Crippen molar-refractivity contribution >= 4 is 0 Å². The van der Waals surface area contributed by atoms with Crippen molar-refractivity contribution in [3.05, 3.63) is 0 Å². The van der Waals surface area contributed by atoms with Crippen molar-refractivity contribution in [1.82, 2.24) is 5.32 Å². The van der Waals surface area contributed by atoms with Crippen LogP contribution in [0.25, 0.3) is 0 Å². The zero-order valence-corrected chi connectivity index (χ0v) is 10.9. The third-order valence-corrected chi connectivity index (χ3v) is 3.30. The number of rotatable bonds is 5. The number of hydrogen-bond acceptors (Lipinski definition) is 1. The molecule has 0 rings (SSSR count). The van der Waals surface area contributed by atoms with Crippen LogP contribution in [0, 0.1) is 11.3 Å². The van der Waals surface area contributed by atoms with E-state index >= 15 is 0 Å². The van der Waals surface area contributed by atoms with Gasteiger partial charge in [-0.05, 0) is 31.2 Å². The molecule has 0 radical (unpaired) electrons. The molecule has 2 atom stereocenters. The van der Waals surface area contributed by atoms with E-state index < -0.39 is 12.6 Å². The van der Waals surface area contributed by atoms with Gasteiger partial charge >= 0.3 is 6.18 Å². The number of alkyl halides is 3. The second kappa shape index (κ2) is 5.89. The van der Waals surface area contributed by atoms with Gasteiger partial charge in [0, 0.05) is 12.5 Å². The van der Waals surface area contributed by atoms with Crippen LogP contribution in [0.1, 0.15) is 47.0 Å². The Balaban J connectivity index is 4.11. The zero-order chi connectivity index (χ0) is 13.0. The van der Waals surface area contributed by atoms with Gasteiger partial charge in [0.05, 0.1) is 0 Å². The number of halogens is 3. The van der Waals surface area contributed by atoms with Gasteiger partial charge in [0.2, 0.25) is 0 Å². The molecule has 0 fully saturated rings. The predicted octanol–water partition coefficient (Wildman–Crippen LogP) is 3.99. The lowest BCUT2D eigenvalue weighted by Crippen LogP contribution is -2.32. The topological polar surface area (TPSA) is 12.0 Å². The molecular weight excluding hydrogens is 215 g/mol. The average Bonchev–Trinajstić information content (AvgIpc) is 2.08. The third kappa shape index (κ3) is 7.09. The maximum absolute atomic E-state index is 12.1. The Bertz CT molecular complexity index is 193. The minimum atomic E-state index is -4.04. The van der Waals surface area contributed by atoms with Gasteiger partial charge < -0.3 is 5.32 Å². The van der Waals surface area contributed by atoms with Crippen molar-refractivity contribution in [3.8, 4) is 0 Å². The summed E-state index contributed by atoms with van der Waals surface area (Å²) in [6, 6.07) is -0.0455. The van der Waals surface area contributed by atoms with Crippen LogP contribution in [0.5, 0.6) is 0 Å². The average molecular weight is 239 g/mol. The molecule has 0 heterocycles. The molecule has 2 unspecified atom stereocenters. The summed E-state index contributed by atoms with van der Waals surface area (Å²) >= 11 is 0. The largest absolute Gasteiger partial charge is 0.389 e. The zero-order valence-electron chi connectivity index (χ0n) is 10.9. The maximum Gasteiger partial charge on any atom is 0.389 e. The molecule has 0 aliphatic heterocycles. The first-order valence-electron chi connectivity index (χ1n) is 5.80. The molecule has 0 aliphatic carbocycles. The van der Waals surface area contributed by atoms with E-state index in [2.05, 4.69) is 33.0 Å². The molecule has 4 heteroatoms. The van der Waals surface area contributed by atoms with Gasteiger partial charge in [0.1, 0.15) is 0 Å². The van der Waals surface area contributed by atoms with Gasteiger partial charge in [0.15, 0.2) is 0 Å². The SMILES string of the molecule is CNC(CCC(F)(F)F)CC(C)C(C)(C)C. The van der Waals surface area contributed by atoms with E-state index in [0.29, 0.717) is 5.92 Å². The van der Waals surface area contributed by atoms with Gasteiger partial charge in [-0.1, -0.05) is 27.7 Å². The summed E-state index contributed by atoms with van der Waals surface area (Å²) in [6.07, 6.45) is -3.79. The van der Waals surface area contributed by atoms with E-state index in [1.807, 2.05) is 0 Å². The molecule has 0 aromatic heterocycles. The smallest absolute Gasteiger partial charge is 0.317 e. The van der Waals surface area contributed by atoms with Gasteiger partial charge in [-0.25, -0.2) is 0 Å². The highest BCUT2D eigenvalue weighted by Gasteiger charge is 2.29. The molecule has 0 aromatic rings. The first kappa shape index (κ1) is 15.8. The summed E-state index contributed by atoms with van der Waals surface area (Å²) in [7, 11) is 1.73. The van der Waals surface area contributed by atoms with Crippen LogP contribution >= 0.6 is 0 Å². The standard InChI is InChI=1S/C12H24F3N/c1-9(11(2,3)4)8-10(16-5)6-7-12(13,14)15/h9-10,16H,6-8H2,1-5H3. The van der Waals surface area contributed by atoms with Crippen molar-refractivity contribution in [2.75, 3.05) is 7.05 Å². The highest BCUT2D eigenvalue weighted by molar-refractivity contribution is 4.77. The van der Waals surface area contributed by atoms with Crippen molar-refractivity contribution in [1.29, 1.82) is 0 Å². The molecule has 0 aromatic carbocycles. The van der Waals surface area contributed by atoms with Gasteiger partial charge in [-0.15, -0.1) is 0 Å². The van der Waals surface area contributed by atoms with Crippen LogP contribution in [0.15, 0.2) is 0 Å². The number of hydrogen-bond donors (Lipinski definition) is 1. The van der Waals surface area contributed by atoms with Crippen LogP contribution in [0.2, 0.25) is 0 Å². The molecule has 0 amide bonds. The van der Waals surface area contributed by atoms with Crippen molar-refractivity contribution < 1.29 is 13.2 Å². The Hall–Kier alpha value is -0.250. The van der Waals surface area contributed by atoms with Crippen LogP contribution in [-0.2, 0) is 0 Å². The first-order chi connectivity index (χ1) is 7.06. The Kier molecular flexibility index (Phi) is 5.80. The molecule has 16 heavy (non-hydrogen) atoms. The normalized spacial score (nSPS) is 17.2. The minimum absolute atomic E-state index is 0.0455. The highest BCUT2D eigenvalue weighted by atomic mass is 19.4. The Labute approximate surface area is 96.8 Å². The van der Waals surface area contributed by atoms with Gasteiger partial charge in [0.25, 0.3) is 0 Å². The van der Waals surface area contributed by atoms with E-state index in [1.54, 1.807) is 7.05 Å². The molecule has 1 nitrogen and oxygen atoms in total. The van der Waals surface area contributed by atoms with Crippen molar-refractivity contribution in [2.24, 2.45) is 11.3 Å². The third-order valence-electron chi connectivity index (χ3n) is 3.30. The predicted molar refractivity (Wildman–Crippen MR) is 61.4 cm³/mol. The lowest BCUT2D eigenvalue weighted by atomic mass is 9.78. The van der Waals surface area contributed by atoms with Crippen LogP contribution in [0.3, 0.4) is 0 Å². The summed E-state index contributed by atoms with van der Waals surface area (Å²) < 4.78 is 36.3. The second-order valence-electron chi connectivity index (χ2n) is 5.64. The summed E-state index contributed by atoms with van der Waals surface area (Å²) in [6.45, 7) is 8.45. The molecule has 0 spiro atoms. The molecule has 0 bridgehead atoms. The van der Waals surface area contributed by atoms with E-state index in [1.165, 1.54) is 0 Å². The minimum Gasteiger partial charge on any atom is -0.317 e. The summed E-state index contributed by atoms with van der Waals surface area (Å²) in [5, 5.41) is 2.98. The number of nitrogens with one attached hydrogen (secondary N) is 1. The molecule has 0 aliphatic rings. The van der Waals surface area contributed by atoms with E-state index in [0.717, 1.165) is 6.42 Å². The summed E-state index contributed by atoms with van der Waals surface area (Å²) in [5.74, 6) is 0.401. The fourth-order valence-electron chi connectivity index (χ4n) is 1.50. The van der Waals surface area contributed by atoms with Crippen LogP contribution < -0.4 is 5.32 Å².